The SMILES string of the molecule is c1ccc(CC2CC3CCCC(CC(Cc4ccccc4)NCCNCCN2)N3)cc1. The number of piperidine rings is 1. The fourth-order valence-corrected chi connectivity index (χ4v) is 5.30. The highest BCUT2D eigenvalue weighted by Gasteiger charge is 2.26. The second-order valence-corrected chi connectivity index (χ2v) is 9.39. The molecule has 0 amide bonds. The maximum absolute atomic E-state index is 4.04. The van der Waals surface area contributed by atoms with Crippen molar-refractivity contribution in [2.24, 2.45) is 0 Å². The van der Waals surface area contributed by atoms with Crippen LogP contribution in [0.15, 0.2) is 60.7 Å². The average molecular weight is 421 g/mol. The monoisotopic (exact) mass is 420 g/mol. The van der Waals surface area contributed by atoms with E-state index < -0.39 is 0 Å². The van der Waals surface area contributed by atoms with Gasteiger partial charge in [-0.05, 0) is 49.7 Å². The van der Waals surface area contributed by atoms with E-state index in [-0.39, 0.29) is 0 Å². The van der Waals surface area contributed by atoms with E-state index in [9.17, 15) is 0 Å². The van der Waals surface area contributed by atoms with Crippen LogP contribution < -0.4 is 21.3 Å². The molecule has 4 nitrogen and oxygen atoms in total. The molecule has 2 saturated heterocycles. The minimum absolute atomic E-state index is 0.529. The summed E-state index contributed by atoms with van der Waals surface area (Å²) in [5.74, 6) is 0. The molecule has 31 heavy (non-hydrogen) atoms. The zero-order chi connectivity index (χ0) is 21.1. The Hall–Kier alpha value is -1.72. The Morgan fingerprint density at radius 2 is 1.10 bits per heavy atom. The van der Waals surface area contributed by atoms with E-state index in [0.29, 0.717) is 24.2 Å². The van der Waals surface area contributed by atoms with E-state index in [1.807, 2.05) is 0 Å². The van der Waals surface area contributed by atoms with Gasteiger partial charge >= 0.3 is 0 Å². The molecule has 4 unspecified atom stereocenters. The van der Waals surface area contributed by atoms with Gasteiger partial charge in [0.25, 0.3) is 0 Å². The predicted octanol–water partition coefficient (Wildman–Crippen LogP) is 3.28. The van der Waals surface area contributed by atoms with E-state index >= 15 is 0 Å². The Morgan fingerprint density at radius 3 is 1.58 bits per heavy atom. The summed E-state index contributed by atoms with van der Waals surface area (Å²) in [5.41, 5.74) is 2.88. The van der Waals surface area contributed by atoms with Crippen LogP contribution in [0.25, 0.3) is 0 Å². The Morgan fingerprint density at radius 1 is 0.613 bits per heavy atom. The summed E-state index contributed by atoms with van der Waals surface area (Å²) in [6.45, 7) is 4.11. The van der Waals surface area contributed by atoms with Gasteiger partial charge in [-0.25, -0.2) is 0 Å². The van der Waals surface area contributed by atoms with Crippen molar-refractivity contribution in [1.29, 1.82) is 0 Å². The molecular formula is C27H40N4. The summed E-state index contributed by atoms with van der Waals surface area (Å²) in [5, 5.41) is 15.3. The standard InChI is InChI=1S/C27H40N4/c1-3-8-22(9-4-1)18-26-20-24-12-7-13-25(31-24)21-27(19-23-10-5-2-6-11-23)30-17-15-28-14-16-29-26/h1-6,8-11,24-31H,7,12-21H2. The van der Waals surface area contributed by atoms with Gasteiger partial charge in [0.1, 0.15) is 0 Å². The molecule has 2 aliphatic rings. The van der Waals surface area contributed by atoms with Gasteiger partial charge in [-0.2, -0.15) is 0 Å². The molecule has 4 rings (SSSR count). The molecule has 4 atom stereocenters. The van der Waals surface area contributed by atoms with E-state index in [0.717, 1.165) is 39.0 Å². The maximum Gasteiger partial charge on any atom is 0.0123 e. The van der Waals surface area contributed by atoms with Gasteiger partial charge in [-0.1, -0.05) is 67.1 Å². The Labute approximate surface area is 188 Å². The Bertz CT molecular complexity index is 674. The lowest BCUT2D eigenvalue weighted by molar-refractivity contribution is 0.255. The summed E-state index contributed by atoms with van der Waals surface area (Å²) in [4.78, 5) is 0. The number of hydrogen-bond donors (Lipinski definition) is 4. The number of fused-ring (bicyclic) bond motifs is 2. The van der Waals surface area contributed by atoms with Crippen molar-refractivity contribution in [3.8, 4) is 0 Å². The van der Waals surface area contributed by atoms with Crippen molar-refractivity contribution in [2.45, 2.75) is 69.1 Å². The second-order valence-electron chi connectivity index (χ2n) is 9.39. The van der Waals surface area contributed by atoms with Crippen LogP contribution in [0, 0.1) is 0 Å². The lowest BCUT2D eigenvalue weighted by atomic mass is 9.88. The van der Waals surface area contributed by atoms with Crippen molar-refractivity contribution in [3.05, 3.63) is 71.8 Å². The quantitative estimate of drug-likeness (QED) is 0.613. The molecule has 0 radical (unpaired) electrons. The summed E-state index contributed by atoms with van der Waals surface area (Å²) in [6, 6.07) is 24.2. The molecule has 4 N–H and O–H groups in total. The van der Waals surface area contributed by atoms with Gasteiger partial charge in [-0.3, -0.25) is 0 Å². The van der Waals surface area contributed by atoms with Crippen molar-refractivity contribution in [3.63, 3.8) is 0 Å². The van der Waals surface area contributed by atoms with Crippen LogP contribution in [0.4, 0.5) is 0 Å². The Kier molecular flexibility index (Phi) is 8.95. The first-order valence-electron chi connectivity index (χ1n) is 12.4. The zero-order valence-corrected chi connectivity index (χ0v) is 18.9. The fraction of sp³-hybridized carbons (Fsp3) is 0.556. The van der Waals surface area contributed by atoms with Gasteiger partial charge < -0.3 is 21.3 Å². The number of hydrogen-bond acceptors (Lipinski definition) is 4. The average Bonchev–Trinajstić information content (AvgIpc) is 2.79. The molecule has 168 valence electrons. The first-order valence-corrected chi connectivity index (χ1v) is 12.4. The molecule has 0 spiro atoms. The first kappa shape index (κ1) is 22.5. The number of rotatable bonds is 4. The van der Waals surface area contributed by atoms with Crippen molar-refractivity contribution in [1.82, 2.24) is 21.3 Å². The molecule has 2 aromatic rings. The summed E-state index contributed by atoms with van der Waals surface area (Å²) < 4.78 is 0. The lowest BCUT2D eigenvalue weighted by Crippen LogP contribution is -2.50. The third-order valence-corrected chi connectivity index (χ3v) is 6.83. The Balaban J connectivity index is 1.40. The third-order valence-electron chi connectivity index (χ3n) is 6.83. The van der Waals surface area contributed by atoms with Crippen LogP contribution in [-0.4, -0.2) is 50.3 Å². The van der Waals surface area contributed by atoms with Gasteiger partial charge in [0.05, 0.1) is 0 Å². The molecule has 2 aliphatic heterocycles. The van der Waals surface area contributed by atoms with Crippen molar-refractivity contribution < 1.29 is 0 Å². The largest absolute Gasteiger partial charge is 0.314 e. The van der Waals surface area contributed by atoms with E-state index in [1.165, 1.54) is 43.2 Å². The van der Waals surface area contributed by atoms with Gasteiger partial charge in [0.15, 0.2) is 0 Å². The van der Waals surface area contributed by atoms with E-state index in [4.69, 9.17) is 0 Å². The lowest BCUT2D eigenvalue weighted by Gasteiger charge is -2.36. The topological polar surface area (TPSA) is 48.1 Å². The van der Waals surface area contributed by atoms with Gasteiger partial charge in [-0.15, -0.1) is 0 Å². The molecule has 0 aliphatic carbocycles. The van der Waals surface area contributed by atoms with Crippen LogP contribution in [-0.2, 0) is 12.8 Å². The van der Waals surface area contributed by atoms with Crippen LogP contribution in [0.3, 0.4) is 0 Å². The molecule has 2 aromatic carbocycles. The van der Waals surface area contributed by atoms with Crippen LogP contribution in [0.5, 0.6) is 0 Å². The molecule has 0 aromatic heterocycles. The summed E-state index contributed by atoms with van der Waals surface area (Å²) >= 11 is 0. The van der Waals surface area contributed by atoms with Crippen LogP contribution >= 0.6 is 0 Å². The maximum atomic E-state index is 4.04. The second kappa shape index (κ2) is 12.4. The number of nitrogens with one attached hydrogen (secondary N) is 4. The van der Waals surface area contributed by atoms with Crippen molar-refractivity contribution >= 4 is 0 Å². The highest BCUT2D eigenvalue weighted by Crippen LogP contribution is 2.21. The molecular weight excluding hydrogens is 380 g/mol. The molecule has 2 heterocycles. The van der Waals surface area contributed by atoms with E-state index in [1.54, 1.807) is 0 Å². The van der Waals surface area contributed by atoms with Gasteiger partial charge in [0, 0.05) is 50.3 Å². The molecule has 2 fully saturated rings. The fourth-order valence-electron chi connectivity index (χ4n) is 5.30. The first-order chi connectivity index (χ1) is 15.3. The highest BCUT2D eigenvalue weighted by molar-refractivity contribution is 5.17. The highest BCUT2D eigenvalue weighted by atomic mass is 15.0. The third kappa shape index (κ3) is 7.73. The van der Waals surface area contributed by atoms with Crippen LogP contribution in [0.2, 0.25) is 0 Å². The molecule has 0 saturated carbocycles. The van der Waals surface area contributed by atoms with Gasteiger partial charge in [0.2, 0.25) is 0 Å². The van der Waals surface area contributed by atoms with Crippen molar-refractivity contribution in [2.75, 3.05) is 26.2 Å². The predicted molar refractivity (Wildman–Crippen MR) is 131 cm³/mol. The minimum atomic E-state index is 0.529. The zero-order valence-electron chi connectivity index (χ0n) is 18.9. The summed E-state index contributed by atoms with van der Waals surface area (Å²) in [6.07, 6.45) is 8.60. The van der Waals surface area contributed by atoms with E-state index in [2.05, 4.69) is 81.9 Å². The smallest absolute Gasteiger partial charge is 0.0123 e. The molecule has 4 heteroatoms. The summed E-state index contributed by atoms with van der Waals surface area (Å²) in [7, 11) is 0. The van der Waals surface area contributed by atoms with Crippen LogP contribution in [0.1, 0.15) is 43.2 Å². The number of benzene rings is 2. The minimum Gasteiger partial charge on any atom is -0.314 e. The molecule has 2 bridgehead atoms. The normalized spacial score (nSPS) is 28.5.